The fourth-order valence-electron chi connectivity index (χ4n) is 2.24. The SMILES string of the molecule is CC(C(=O)c1ccc(Cl)cc1)C(=O)C1CCCCS1. The molecule has 0 N–H and O–H groups in total. The van der Waals surface area contributed by atoms with Crippen molar-refractivity contribution in [1.29, 1.82) is 0 Å². The first kappa shape index (κ1) is 14.6. The molecule has 0 spiro atoms. The highest BCUT2D eigenvalue weighted by Crippen LogP contribution is 2.28. The molecule has 1 aliphatic heterocycles. The fourth-order valence-corrected chi connectivity index (χ4v) is 3.72. The van der Waals surface area contributed by atoms with Crippen LogP contribution in [-0.4, -0.2) is 22.6 Å². The average Bonchev–Trinajstić information content (AvgIpc) is 2.46. The number of halogens is 1. The van der Waals surface area contributed by atoms with Gasteiger partial charge in [0, 0.05) is 10.6 Å². The molecule has 0 saturated carbocycles. The van der Waals surface area contributed by atoms with Crippen LogP contribution in [0.15, 0.2) is 24.3 Å². The number of thioether (sulfide) groups is 1. The minimum atomic E-state index is -0.559. The molecule has 1 aromatic rings. The highest BCUT2D eigenvalue weighted by Gasteiger charge is 2.30. The van der Waals surface area contributed by atoms with Crippen molar-refractivity contribution >= 4 is 34.9 Å². The van der Waals surface area contributed by atoms with Crippen LogP contribution < -0.4 is 0 Å². The van der Waals surface area contributed by atoms with Crippen molar-refractivity contribution in [3.05, 3.63) is 34.9 Å². The Morgan fingerprint density at radius 3 is 2.53 bits per heavy atom. The summed E-state index contributed by atoms with van der Waals surface area (Å²) in [5, 5.41) is 0.596. The van der Waals surface area contributed by atoms with E-state index in [-0.39, 0.29) is 16.8 Å². The molecular weight excluding hydrogens is 280 g/mol. The first-order valence-electron chi connectivity index (χ1n) is 6.54. The molecule has 2 unspecified atom stereocenters. The Morgan fingerprint density at radius 1 is 1.26 bits per heavy atom. The minimum absolute atomic E-state index is 0.000000192. The van der Waals surface area contributed by atoms with E-state index in [9.17, 15) is 9.59 Å². The summed E-state index contributed by atoms with van der Waals surface area (Å²) in [6.45, 7) is 1.72. The second-order valence-electron chi connectivity index (χ2n) is 4.85. The molecule has 2 rings (SSSR count). The van der Waals surface area contributed by atoms with Crippen LogP contribution in [-0.2, 0) is 4.79 Å². The quantitative estimate of drug-likeness (QED) is 0.622. The Bertz CT molecular complexity index is 464. The van der Waals surface area contributed by atoms with Gasteiger partial charge in [-0.1, -0.05) is 18.0 Å². The molecule has 0 radical (unpaired) electrons. The van der Waals surface area contributed by atoms with Gasteiger partial charge in [-0.15, -0.1) is 0 Å². The molecule has 1 fully saturated rings. The Labute approximate surface area is 122 Å². The third-order valence-electron chi connectivity index (χ3n) is 3.45. The van der Waals surface area contributed by atoms with E-state index in [1.165, 1.54) is 6.42 Å². The van der Waals surface area contributed by atoms with Gasteiger partial charge in [-0.05, 0) is 49.8 Å². The molecule has 102 valence electrons. The van der Waals surface area contributed by atoms with Crippen molar-refractivity contribution in [2.24, 2.45) is 5.92 Å². The van der Waals surface area contributed by atoms with Gasteiger partial charge in [0.1, 0.15) is 0 Å². The second kappa shape index (κ2) is 6.58. The molecule has 2 nitrogen and oxygen atoms in total. The lowest BCUT2D eigenvalue weighted by Crippen LogP contribution is -2.31. The van der Waals surface area contributed by atoms with E-state index in [4.69, 9.17) is 11.6 Å². The lowest BCUT2D eigenvalue weighted by molar-refractivity contribution is -0.120. The largest absolute Gasteiger partial charge is 0.298 e. The van der Waals surface area contributed by atoms with Crippen molar-refractivity contribution in [3.63, 3.8) is 0 Å². The Kier molecular flexibility index (Phi) is 5.06. The topological polar surface area (TPSA) is 34.1 Å². The zero-order chi connectivity index (χ0) is 13.8. The standard InChI is InChI=1S/C15H17ClO2S/c1-10(15(18)13-4-2-3-9-19-13)14(17)11-5-7-12(16)8-6-11/h5-8,10,13H,2-4,9H2,1H3. The van der Waals surface area contributed by atoms with Crippen LogP contribution in [0, 0.1) is 5.92 Å². The molecule has 1 aliphatic rings. The Hall–Kier alpha value is -0.800. The smallest absolute Gasteiger partial charge is 0.173 e. The Balaban J connectivity index is 2.05. The van der Waals surface area contributed by atoms with Crippen LogP contribution in [0.3, 0.4) is 0 Å². The van der Waals surface area contributed by atoms with Crippen molar-refractivity contribution in [2.45, 2.75) is 31.4 Å². The van der Waals surface area contributed by atoms with Crippen LogP contribution in [0.5, 0.6) is 0 Å². The second-order valence-corrected chi connectivity index (χ2v) is 6.60. The van der Waals surface area contributed by atoms with Gasteiger partial charge in [-0.2, -0.15) is 11.8 Å². The van der Waals surface area contributed by atoms with Crippen LogP contribution in [0.2, 0.25) is 5.02 Å². The molecule has 1 saturated heterocycles. The normalized spacial score (nSPS) is 20.8. The van der Waals surface area contributed by atoms with Gasteiger partial charge in [0.15, 0.2) is 11.6 Å². The van der Waals surface area contributed by atoms with Crippen LogP contribution in [0.1, 0.15) is 36.5 Å². The highest BCUT2D eigenvalue weighted by atomic mass is 35.5. The number of ketones is 2. The molecule has 1 aromatic carbocycles. The summed E-state index contributed by atoms with van der Waals surface area (Å²) in [6, 6.07) is 6.73. The van der Waals surface area contributed by atoms with E-state index in [0.717, 1.165) is 18.6 Å². The number of hydrogen-bond donors (Lipinski definition) is 0. The first-order valence-corrected chi connectivity index (χ1v) is 7.97. The van der Waals surface area contributed by atoms with Gasteiger partial charge in [0.2, 0.25) is 0 Å². The number of Topliss-reactive ketones (excluding diaryl/α,β-unsaturated/α-hetero) is 2. The van der Waals surface area contributed by atoms with E-state index in [2.05, 4.69) is 0 Å². The first-order chi connectivity index (χ1) is 9.09. The van der Waals surface area contributed by atoms with Gasteiger partial charge in [-0.3, -0.25) is 9.59 Å². The van der Waals surface area contributed by atoms with Gasteiger partial charge < -0.3 is 0 Å². The number of hydrogen-bond acceptors (Lipinski definition) is 3. The maximum atomic E-state index is 12.3. The van der Waals surface area contributed by atoms with Crippen LogP contribution >= 0.6 is 23.4 Å². The van der Waals surface area contributed by atoms with Crippen LogP contribution in [0.4, 0.5) is 0 Å². The minimum Gasteiger partial charge on any atom is -0.298 e. The van der Waals surface area contributed by atoms with E-state index in [1.54, 1.807) is 43.0 Å². The van der Waals surface area contributed by atoms with E-state index < -0.39 is 5.92 Å². The highest BCUT2D eigenvalue weighted by molar-refractivity contribution is 8.00. The zero-order valence-corrected chi connectivity index (χ0v) is 12.5. The number of benzene rings is 1. The number of carbonyl (C=O) groups excluding carboxylic acids is 2. The lowest BCUT2D eigenvalue weighted by Gasteiger charge is -2.22. The third kappa shape index (κ3) is 3.61. The molecule has 0 bridgehead atoms. The van der Waals surface area contributed by atoms with Gasteiger partial charge in [-0.25, -0.2) is 0 Å². The molecule has 2 atom stereocenters. The number of carbonyl (C=O) groups is 2. The van der Waals surface area contributed by atoms with Crippen molar-refractivity contribution in [1.82, 2.24) is 0 Å². The fraction of sp³-hybridized carbons (Fsp3) is 0.467. The predicted molar refractivity (Wildman–Crippen MR) is 80.1 cm³/mol. The average molecular weight is 297 g/mol. The maximum absolute atomic E-state index is 12.3. The molecule has 4 heteroatoms. The van der Waals surface area contributed by atoms with Gasteiger partial charge >= 0.3 is 0 Å². The molecule has 0 aromatic heterocycles. The van der Waals surface area contributed by atoms with Crippen LogP contribution in [0.25, 0.3) is 0 Å². The van der Waals surface area contributed by atoms with E-state index in [1.807, 2.05) is 0 Å². The summed E-state index contributed by atoms with van der Waals surface area (Å²) in [6.07, 6.45) is 3.17. The predicted octanol–water partition coefficient (Wildman–Crippen LogP) is 4.01. The summed E-state index contributed by atoms with van der Waals surface area (Å²) >= 11 is 7.49. The molecular formula is C15H17ClO2S. The lowest BCUT2D eigenvalue weighted by atomic mass is 9.92. The monoisotopic (exact) mass is 296 g/mol. The maximum Gasteiger partial charge on any atom is 0.173 e. The number of rotatable bonds is 4. The van der Waals surface area contributed by atoms with Crippen molar-refractivity contribution in [2.75, 3.05) is 5.75 Å². The van der Waals surface area contributed by atoms with E-state index >= 15 is 0 Å². The van der Waals surface area contributed by atoms with Gasteiger partial charge in [0.25, 0.3) is 0 Å². The zero-order valence-electron chi connectivity index (χ0n) is 10.9. The van der Waals surface area contributed by atoms with Gasteiger partial charge in [0.05, 0.1) is 11.2 Å². The summed E-state index contributed by atoms with van der Waals surface area (Å²) in [5.74, 6) is 0.437. The molecule has 0 amide bonds. The van der Waals surface area contributed by atoms with Crippen molar-refractivity contribution in [3.8, 4) is 0 Å². The van der Waals surface area contributed by atoms with Crippen molar-refractivity contribution < 1.29 is 9.59 Å². The molecule has 19 heavy (non-hydrogen) atoms. The summed E-state index contributed by atoms with van der Waals surface area (Å²) in [5.41, 5.74) is 0.561. The Morgan fingerprint density at radius 2 is 1.95 bits per heavy atom. The summed E-state index contributed by atoms with van der Waals surface area (Å²) in [4.78, 5) is 24.6. The molecule has 0 aliphatic carbocycles. The van der Waals surface area contributed by atoms with E-state index in [0.29, 0.717) is 10.6 Å². The summed E-state index contributed by atoms with van der Waals surface area (Å²) < 4.78 is 0. The third-order valence-corrected chi connectivity index (χ3v) is 5.09. The molecule has 1 heterocycles. The summed E-state index contributed by atoms with van der Waals surface area (Å²) in [7, 11) is 0.